The molecular formula is C2H8N2Sm. The van der Waals surface area contributed by atoms with Crippen LogP contribution in [0.15, 0.2) is 0 Å². The van der Waals surface area contributed by atoms with Gasteiger partial charge in [0, 0.05) is 53.5 Å². The third kappa shape index (κ3) is 10.9. The molecule has 0 amide bonds. The van der Waals surface area contributed by atoms with E-state index in [1.165, 1.54) is 0 Å². The standard InChI is InChI=1S/C2H8N2.Sm/c3-1-2-4;/h1-4H2;. The van der Waals surface area contributed by atoms with E-state index in [9.17, 15) is 0 Å². The quantitative estimate of drug-likeness (QED) is 0.578. The minimum atomic E-state index is 0. The van der Waals surface area contributed by atoms with Crippen molar-refractivity contribution < 1.29 is 40.4 Å². The molecule has 0 unspecified atom stereocenters. The Kier molecular flexibility index (Phi) is 17.1. The monoisotopic (exact) mass is 212 g/mol. The second-order valence-corrected chi connectivity index (χ2v) is 0.577. The van der Waals surface area contributed by atoms with Crippen LogP contribution in [0.1, 0.15) is 0 Å². The molecule has 0 aliphatic carbocycles. The molecule has 0 aliphatic rings. The summed E-state index contributed by atoms with van der Waals surface area (Å²) in [7, 11) is 0. The van der Waals surface area contributed by atoms with E-state index in [1.807, 2.05) is 0 Å². The van der Waals surface area contributed by atoms with Crippen molar-refractivity contribution in [1.82, 2.24) is 0 Å². The van der Waals surface area contributed by atoms with Crippen molar-refractivity contribution in [3.05, 3.63) is 0 Å². The van der Waals surface area contributed by atoms with E-state index in [0.29, 0.717) is 13.1 Å². The van der Waals surface area contributed by atoms with Crippen molar-refractivity contribution in [3.8, 4) is 0 Å². The Morgan fingerprint density at radius 3 is 1.20 bits per heavy atom. The first-order valence-electron chi connectivity index (χ1n) is 1.32. The van der Waals surface area contributed by atoms with Gasteiger partial charge in [-0.15, -0.1) is 0 Å². The van der Waals surface area contributed by atoms with Gasteiger partial charge in [0.05, 0.1) is 0 Å². The van der Waals surface area contributed by atoms with Crippen LogP contribution in [0.2, 0.25) is 0 Å². The van der Waals surface area contributed by atoms with Gasteiger partial charge in [-0.3, -0.25) is 0 Å². The third-order valence-corrected chi connectivity index (χ3v) is 0.167. The maximum atomic E-state index is 4.90. The van der Waals surface area contributed by atoms with E-state index in [0.717, 1.165) is 0 Å². The molecule has 0 aliphatic heterocycles. The molecule has 0 spiro atoms. The molecule has 0 saturated heterocycles. The van der Waals surface area contributed by atoms with Gasteiger partial charge >= 0.3 is 0 Å². The van der Waals surface area contributed by atoms with Gasteiger partial charge < -0.3 is 11.5 Å². The summed E-state index contributed by atoms with van der Waals surface area (Å²) in [5, 5.41) is 0. The van der Waals surface area contributed by atoms with E-state index >= 15 is 0 Å². The molecule has 0 heterocycles. The van der Waals surface area contributed by atoms with Gasteiger partial charge in [0.1, 0.15) is 0 Å². The molecule has 4 N–H and O–H groups in total. The largest absolute Gasteiger partial charge is 0.329 e. The van der Waals surface area contributed by atoms with Gasteiger partial charge in [0.25, 0.3) is 0 Å². The molecule has 2 nitrogen and oxygen atoms in total. The second kappa shape index (κ2) is 8.98. The average Bonchev–Trinajstić information content (AvgIpc) is 1.37. The first kappa shape index (κ1) is 9.54. The van der Waals surface area contributed by atoms with Gasteiger partial charge in [-0.25, -0.2) is 0 Å². The maximum absolute atomic E-state index is 4.90. The fourth-order valence-electron chi connectivity index (χ4n) is 0. The van der Waals surface area contributed by atoms with Gasteiger partial charge in [-0.05, 0) is 0 Å². The molecule has 32 valence electrons. The van der Waals surface area contributed by atoms with Crippen LogP contribution in [0.3, 0.4) is 0 Å². The van der Waals surface area contributed by atoms with Gasteiger partial charge in [0.2, 0.25) is 0 Å². The van der Waals surface area contributed by atoms with Crippen LogP contribution in [0.5, 0.6) is 0 Å². The maximum Gasteiger partial charge on any atom is 0.00461 e. The summed E-state index contributed by atoms with van der Waals surface area (Å²) < 4.78 is 0. The molecule has 0 aromatic heterocycles. The Balaban J connectivity index is 0. The van der Waals surface area contributed by atoms with Crippen LogP contribution in [-0.4, -0.2) is 13.1 Å². The molecule has 0 saturated carbocycles. The molecule has 0 aromatic carbocycles. The second-order valence-electron chi connectivity index (χ2n) is 0.577. The van der Waals surface area contributed by atoms with E-state index in [-0.39, 0.29) is 40.4 Å². The SMILES string of the molecule is NCCN.[Sm]. The van der Waals surface area contributed by atoms with E-state index in [1.54, 1.807) is 0 Å². The van der Waals surface area contributed by atoms with Crippen LogP contribution >= 0.6 is 0 Å². The zero-order valence-electron chi connectivity index (χ0n) is 2.98. The zero-order chi connectivity index (χ0) is 3.41. The summed E-state index contributed by atoms with van der Waals surface area (Å²) in [6.45, 7) is 1.19. The first-order valence-corrected chi connectivity index (χ1v) is 1.32. The molecule has 0 rings (SSSR count). The van der Waals surface area contributed by atoms with Crippen LogP contribution in [0.25, 0.3) is 0 Å². The molecule has 3 heteroatoms. The molecule has 0 bridgehead atoms. The van der Waals surface area contributed by atoms with Crippen molar-refractivity contribution in [2.24, 2.45) is 11.5 Å². The fourth-order valence-corrected chi connectivity index (χ4v) is 0. The van der Waals surface area contributed by atoms with E-state index in [2.05, 4.69) is 0 Å². The Morgan fingerprint density at radius 1 is 1.00 bits per heavy atom. The smallest absolute Gasteiger partial charge is 0.00461 e. The van der Waals surface area contributed by atoms with Crippen molar-refractivity contribution in [1.29, 1.82) is 0 Å². The topological polar surface area (TPSA) is 52.0 Å². The van der Waals surface area contributed by atoms with Crippen LogP contribution in [0, 0.1) is 40.4 Å². The van der Waals surface area contributed by atoms with Gasteiger partial charge in [-0.1, -0.05) is 0 Å². The number of hydrogen-bond donors (Lipinski definition) is 2. The molecular weight excluding hydrogens is 202 g/mol. The minimum Gasteiger partial charge on any atom is -0.329 e. The van der Waals surface area contributed by atoms with Gasteiger partial charge in [0.15, 0.2) is 0 Å². The molecule has 0 radical (unpaired) electrons. The summed E-state index contributed by atoms with van der Waals surface area (Å²) in [4.78, 5) is 0. The molecule has 0 atom stereocenters. The predicted octanol–water partition coefficient (Wildman–Crippen LogP) is -1.10. The Hall–Kier alpha value is 1.26. The Bertz CT molecular complexity index is 9.61. The fraction of sp³-hybridized carbons (Fsp3) is 1.00. The van der Waals surface area contributed by atoms with Crippen LogP contribution in [0.4, 0.5) is 0 Å². The Morgan fingerprint density at radius 2 is 1.20 bits per heavy atom. The molecule has 0 fully saturated rings. The summed E-state index contributed by atoms with van der Waals surface area (Å²) in [5.74, 6) is 0. The predicted molar refractivity (Wildman–Crippen MR) is 18.1 cm³/mol. The number of nitrogens with two attached hydrogens (primary N) is 2. The van der Waals surface area contributed by atoms with Crippen molar-refractivity contribution in [2.45, 2.75) is 0 Å². The third-order valence-electron chi connectivity index (χ3n) is 0.167. The molecule has 0 aromatic rings. The minimum absolute atomic E-state index is 0. The van der Waals surface area contributed by atoms with Gasteiger partial charge in [-0.2, -0.15) is 0 Å². The number of rotatable bonds is 1. The Labute approximate surface area is 64.4 Å². The summed E-state index contributed by atoms with van der Waals surface area (Å²) in [6, 6.07) is 0. The normalized spacial score (nSPS) is 6.00. The summed E-state index contributed by atoms with van der Waals surface area (Å²) in [5.41, 5.74) is 9.81. The van der Waals surface area contributed by atoms with Crippen molar-refractivity contribution in [3.63, 3.8) is 0 Å². The zero-order valence-corrected chi connectivity index (χ0v) is 5.60. The van der Waals surface area contributed by atoms with Crippen LogP contribution in [-0.2, 0) is 0 Å². The van der Waals surface area contributed by atoms with Crippen molar-refractivity contribution >= 4 is 0 Å². The first-order chi connectivity index (χ1) is 1.91. The molecule has 5 heavy (non-hydrogen) atoms. The van der Waals surface area contributed by atoms with Crippen molar-refractivity contribution in [2.75, 3.05) is 13.1 Å². The van der Waals surface area contributed by atoms with Crippen LogP contribution < -0.4 is 11.5 Å². The summed E-state index contributed by atoms with van der Waals surface area (Å²) in [6.07, 6.45) is 0. The number of hydrogen-bond acceptors (Lipinski definition) is 2. The van der Waals surface area contributed by atoms with E-state index < -0.39 is 0 Å². The van der Waals surface area contributed by atoms with E-state index in [4.69, 9.17) is 11.5 Å². The average molecular weight is 210 g/mol. The summed E-state index contributed by atoms with van der Waals surface area (Å²) >= 11 is 0.